The van der Waals surface area contributed by atoms with Gasteiger partial charge < -0.3 is 15.2 Å². The summed E-state index contributed by atoms with van der Waals surface area (Å²) in [6.07, 6.45) is 4.40. The predicted molar refractivity (Wildman–Crippen MR) is 68.2 cm³/mol. The first-order valence-electron chi connectivity index (χ1n) is 6.62. The van der Waals surface area contributed by atoms with Crippen molar-refractivity contribution in [1.82, 2.24) is 10.2 Å². The predicted octanol–water partition coefficient (Wildman–Crippen LogP) is -0.0956. The van der Waals surface area contributed by atoms with Gasteiger partial charge in [-0.1, -0.05) is 6.08 Å². The van der Waals surface area contributed by atoms with Gasteiger partial charge in [-0.15, -0.1) is 0 Å². The van der Waals surface area contributed by atoms with E-state index in [1.54, 1.807) is 0 Å². The molecule has 2 atom stereocenters. The Morgan fingerprint density at radius 3 is 3.17 bits per heavy atom. The van der Waals surface area contributed by atoms with E-state index in [9.17, 15) is 9.90 Å². The highest BCUT2D eigenvalue weighted by atomic mass is 16.5. The van der Waals surface area contributed by atoms with Gasteiger partial charge in [0.15, 0.2) is 0 Å². The van der Waals surface area contributed by atoms with E-state index in [0.717, 1.165) is 44.5 Å². The van der Waals surface area contributed by atoms with Gasteiger partial charge in [-0.2, -0.15) is 0 Å². The molecule has 18 heavy (non-hydrogen) atoms. The number of hydrogen-bond acceptors (Lipinski definition) is 5. The molecule has 0 amide bonds. The van der Waals surface area contributed by atoms with E-state index in [1.807, 2.05) is 0 Å². The van der Waals surface area contributed by atoms with Crippen LogP contribution in [-0.4, -0.2) is 61.4 Å². The van der Waals surface area contributed by atoms with Crippen molar-refractivity contribution in [2.75, 3.05) is 33.3 Å². The monoisotopic (exact) mass is 254 g/mol. The van der Waals surface area contributed by atoms with Crippen LogP contribution in [0.4, 0.5) is 0 Å². The summed E-state index contributed by atoms with van der Waals surface area (Å²) in [5, 5.41) is 13.1. The number of aliphatic hydroxyl groups excluding tert-OH is 1. The molecule has 1 unspecified atom stereocenters. The van der Waals surface area contributed by atoms with Gasteiger partial charge in [0, 0.05) is 13.1 Å². The van der Waals surface area contributed by atoms with Crippen molar-refractivity contribution in [1.29, 1.82) is 0 Å². The summed E-state index contributed by atoms with van der Waals surface area (Å²) in [7, 11) is 1.44. The van der Waals surface area contributed by atoms with E-state index in [4.69, 9.17) is 4.74 Å². The van der Waals surface area contributed by atoms with Crippen LogP contribution in [0.5, 0.6) is 0 Å². The third kappa shape index (κ3) is 3.10. The van der Waals surface area contributed by atoms with Crippen molar-refractivity contribution < 1.29 is 14.6 Å². The minimum Gasteiger partial charge on any atom is -0.468 e. The van der Waals surface area contributed by atoms with Crippen LogP contribution >= 0.6 is 0 Å². The van der Waals surface area contributed by atoms with Crippen LogP contribution in [0.15, 0.2) is 11.6 Å². The molecule has 2 fully saturated rings. The van der Waals surface area contributed by atoms with Gasteiger partial charge in [-0.05, 0) is 37.9 Å². The normalized spacial score (nSPS) is 31.8. The lowest BCUT2D eigenvalue weighted by Crippen LogP contribution is -2.38. The summed E-state index contributed by atoms with van der Waals surface area (Å²) < 4.78 is 4.81. The van der Waals surface area contributed by atoms with Crippen LogP contribution in [0.25, 0.3) is 0 Å². The largest absolute Gasteiger partial charge is 0.468 e. The number of carbonyl (C=O) groups is 1. The number of nitrogens with zero attached hydrogens (tertiary/aromatic N) is 1. The van der Waals surface area contributed by atoms with Gasteiger partial charge >= 0.3 is 5.97 Å². The highest BCUT2D eigenvalue weighted by Gasteiger charge is 2.30. The number of carbonyl (C=O) groups excluding carboxylic acids is 1. The standard InChI is InChI=1S/C13H22N2O3/c1-18-13(17)11-3-2-7-15(11)8-5-10-9-14-6-4-12(10)16/h5,11-12,14,16H,2-4,6-9H2,1H3/b10-5+/t11-,12?/m0/s1. The number of nitrogens with one attached hydrogen (secondary N) is 1. The second-order valence-electron chi connectivity index (χ2n) is 4.94. The first-order valence-corrected chi connectivity index (χ1v) is 6.62. The number of likely N-dealkylation sites (tertiary alicyclic amines) is 1. The van der Waals surface area contributed by atoms with Gasteiger partial charge in [-0.25, -0.2) is 0 Å². The maximum Gasteiger partial charge on any atom is 0.323 e. The molecule has 2 N–H and O–H groups in total. The Labute approximate surface area is 108 Å². The molecule has 0 radical (unpaired) electrons. The molecule has 2 aliphatic heterocycles. The van der Waals surface area contributed by atoms with Crippen molar-refractivity contribution in [3.8, 4) is 0 Å². The van der Waals surface area contributed by atoms with Gasteiger partial charge in [0.05, 0.1) is 13.2 Å². The molecule has 2 heterocycles. The molecule has 5 nitrogen and oxygen atoms in total. The molecule has 0 aliphatic carbocycles. The van der Waals surface area contributed by atoms with E-state index in [1.165, 1.54) is 7.11 Å². The summed E-state index contributed by atoms with van der Waals surface area (Å²) >= 11 is 0. The zero-order valence-electron chi connectivity index (χ0n) is 10.9. The fourth-order valence-corrected chi connectivity index (χ4v) is 2.67. The Bertz CT molecular complexity index is 330. The average Bonchev–Trinajstić information content (AvgIpc) is 2.85. The van der Waals surface area contributed by atoms with E-state index >= 15 is 0 Å². The molecule has 2 aliphatic rings. The van der Waals surface area contributed by atoms with Crippen LogP contribution in [0.3, 0.4) is 0 Å². The Kier molecular flexibility index (Phi) is 4.74. The second-order valence-corrected chi connectivity index (χ2v) is 4.94. The van der Waals surface area contributed by atoms with Crippen molar-refractivity contribution in [2.45, 2.75) is 31.4 Å². The quantitative estimate of drug-likeness (QED) is 0.544. The molecule has 0 bridgehead atoms. The molecular weight excluding hydrogens is 232 g/mol. The zero-order valence-corrected chi connectivity index (χ0v) is 10.9. The Hall–Kier alpha value is -0.910. The maximum absolute atomic E-state index is 11.6. The summed E-state index contributed by atoms with van der Waals surface area (Å²) in [6.45, 7) is 3.26. The third-order valence-electron chi connectivity index (χ3n) is 3.78. The van der Waals surface area contributed by atoms with E-state index < -0.39 is 0 Å². The van der Waals surface area contributed by atoms with Gasteiger partial charge in [0.1, 0.15) is 6.04 Å². The van der Waals surface area contributed by atoms with E-state index in [0.29, 0.717) is 6.54 Å². The highest BCUT2D eigenvalue weighted by Crippen LogP contribution is 2.19. The maximum atomic E-state index is 11.6. The van der Waals surface area contributed by atoms with Crippen molar-refractivity contribution in [3.05, 3.63) is 11.6 Å². The average molecular weight is 254 g/mol. The molecular formula is C13H22N2O3. The summed E-state index contributed by atoms with van der Waals surface area (Å²) in [5.74, 6) is -0.145. The second kappa shape index (κ2) is 6.31. The fraction of sp³-hybridized carbons (Fsp3) is 0.769. The molecule has 5 heteroatoms. The van der Waals surface area contributed by atoms with E-state index in [2.05, 4.69) is 16.3 Å². The minimum atomic E-state index is -0.328. The van der Waals surface area contributed by atoms with Crippen LogP contribution in [0, 0.1) is 0 Å². The molecule has 0 aromatic carbocycles. The number of piperidine rings is 1. The van der Waals surface area contributed by atoms with Gasteiger partial charge in [-0.3, -0.25) is 9.69 Å². The molecule has 0 saturated carbocycles. The van der Waals surface area contributed by atoms with E-state index in [-0.39, 0.29) is 18.1 Å². The Balaban J connectivity index is 1.92. The van der Waals surface area contributed by atoms with Crippen molar-refractivity contribution >= 4 is 5.97 Å². The van der Waals surface area contributed by atoms with Crippen LogP contribution in [0.1, 0.15) is 19.3 Å². The van der Waals surface area contributed by atoms with Crippen LogP contribution in [0.2, 0.25) is 0 Å². The van der Waals surface area contributed by atoms with Crippen LogP contribution in [-0.2, 0) is 9.53 Å². The first kappa shape index (κ1) is 13.5. The number of esters is 1. The van der Waals surface area contributed by atoms with Crippen LogP contribution < -0.4 is 5.32 Å². The summed E-state index contributed by atoms with van der Waals surface area (Å²) in [5.41, 5.74) is 1.04. The lowest BCUT2D eigenvalue weighted by molar-refractivity contribution is -0.145. The lowest BCUT2D eigenvalue weighted by atomic mass is 10.0. The molecule has 0 aromatic rings. The fourth-order valence-electron chi connectivity index (χ4n) is 2.67. The number of hydrogen-bond donors (Lipinski definition) is 2. The van der Waals surface area contributed by atoms with Gasteiger partial charge in [0.2, 0.25) is 0 Å². The van der Waals surface area contributed by atoms with Gasteiger partial charge in [0.25, 0.3) is 0 Å². The SMILES string of the molecule is COC(=O)[C@@H]1CCCN1C/C=C1\CNCCC1O. The van der Waals surface area contributed by atoms with Crippen molar-refractivity contribution in [3.63, 3.8) is 0 Å². The Morgan fingerprint density at radius 2 is 2.44 bits per heavy atom. The molecule has 0 aromatic heterocycles. The topological polar surface area (TPSA) is 61.8 Å². The zero-order chi connectivity index (χ0) is 13.0. The smallest absolute Gasteiger partial charge is 0.323 e. The Morgan fingerprint density at radius 1 is 1.61 bits per heavy atom. The molecule has 2 saturated heterocycles. The lowest BCUT2D eigenvalue weighted by Gasteiger charge is -2.24. The summed E-state index contributed by atoms with van der Waals surface area (Å²) in [4.78, 5) is 13.7. The molecule has 0 spiro atoms. The number of methoxy groups -OCH3 is 1. The number of aliphatic hydroxyl groups is 1. The minimum absolute atomic E-state index is 0.111. The summed E-state index contributed by atoms with van der Waals surface area (Å²) in [6, 6.07) is -0.111. The number of ether oxygens (including phenoxy) is 1. The molecule has 2 rings (SSSR count). The molecule has 102 valence electrons. The first-order chi connectivity index (χ1) is 8.72. The highest BCUT2D eigenvalue weighted by molar-refractivity contribution is 5.76. The number of rotatable bonds is 3. The van der Waals surface area contributed by atoms with Crippen molar-refractivity contribution in [2.24, 2.45) is 0 Å². The third-order valence-corrected chi connectivity index (χ3v) is 3.78.